The number of alkyl halides is 1. The highest BCUT2D eigenvalue weighted by atomic mass is 35.5. The summed E-state index contributed by atoms with van der Waals surface area (Å²) in [5.41, 5.74) is 3.50. The molecule has 0 aromatic heterocycles. The maximum Gasteiger partial charge on any atom is 0.240 e. The van der Waals surface area contributed by atoms with Crippen molar-refractivity contribution in [3.05, 3.63) is 59.2 Å². The van der Waals surface area contributed by atoms with Crippen LogP contribution in [-0.4, -0.2) is 12.2 Å². The zero-order valence-corrected chi connectivity index (χ0v) is 12.7. The summed E-state index contributed by atoms with van der Waals surface area (Å²) in [7, 11) is 0. The molecule has 5 heteroatoms. The first-order valence-corrected chi connectivity index (χ1v) is 7.10. The molecule has 0 bridgehead atoms. The molecule has 0 saturated heterocycles. The number of hydrogen-bond donors (Lipinski definition) is 0. The van der Waals surface area contributed by atoms with Crippen LogP contribution in [0, 0.1) is 0 Å². The van der Waals surface area contributed by atoms with E-state index in [4.69, 9.17) is 11.6 Å². The Morgan fingerprint density at radius 1 is 1.00 bits per heavy atom. The maximum absolute atomic E-state index is 10.6. The van der Waals surface area contributed by atoms with Crippen LogP contribution in [0.4, 0.5) is 11.4 Å². The van der Waals surface area contributed by atoms with Crippen LogP contribution in [-0.2, 0) is 16.0 Å². The van der Waals surface area contributed by atoms with Gasteiger partial charge in [-0.1, -0.05) is 30.3 Å². The van der Waals surface area contributed by atoms with Gasteiger partial charge in [0, 0.05) is 12.0 Å². The predicted octanol–water partition coefficient (Wildman–Crippen LogP) is 4.51. The molecule has 0 spiro atoms. The van der Waals surface area contributed by atoms with E-state index in [1.165, 1.54) is 12.2 Å². The van der Waals surface area contributed by atoms with Crippen LogP contribution >= 0.6 is 11.6 Å². The number of isocyanates is 2. The smallest absolute Gasteiger partial charge is 0.211 e. The summed E-state index contributed by atoms with van der Waals surface area (Å²) in [4.78, 5) is 28.6. The summed E-state index contributed by atoms with van der Waals surface area (Å²) in [6.07, 6.45) is 3.50. The zero-order chi connectivity index (χ0) is 15.9. The molecule has 0 aliphatic heterocycles. The Labute approximate surface area is 133 Å². The van der Waals surface area contributed by atoms with Gasteiger partial charge in [0.2, 0.25) is 12.2 Å². The van der Waals surface area contributed by atoms with Crippen molar-refractivity contribution in [2.45, 2.75) is 18.7 Å². The van der Waals surface area contributed by atoms with Gasteiger partial charge in [0.05, 0.1) is 16.8 Å². The van der Waals surface area contributed by atoms with Crippen LogP contribution in [0.5, 0.6) is 0 Å². The summed E-state index contributed by atoms with van der Waals surface area (Å²) in [6, 6.07) is 12.7. The van der Waals surface area contributed by atoms with Crippen molar-refractivity contribution in [3.8, 4) is 0 Å². The van der Waals surface area contributed by atoms with Crippen molar-refractivity contribution >= 4 is 35.1 Å². The average Bonchev–Trinajstić information content (AvgIpc) is 2.51. The largest absolute Gasteiger partial charge is 0.240 e. The van der Waals surface area contributed by atoms with Gasteiger partial charge in [-0.05, 0) is 30.2 Å². The van der Waals surface area contributed by atoms with E-state index in [1.54, 1.807) is 18.2 Å². The molecule has 2 rings (SSSR count). The van der Waals surface area contributed by atoms with E-state index < -0.39 is 0 Å². The number of rotatable bonds is 5. The molecule has 0 amide bonds. The first-order chi connectivity index (χ1) is 10.7. The lowest BCUT2D eigenvalue weighted by molar-refractivity contribution is 0.565. The molecule has 2 aromatic rings. The summed E-state index contributed by atoms with van der Waals surface area (Å²) in [6.45, 7) is 1.89. The third-order valence-electron chi connectivity index (χ3n) is 3.31. The lowest BCUT2D eigenvalue weighted by Gasteiger charge is -2.13. The fourth-order valence-corrected chi connectivity index (χ4v) is 2.54. The molecule has 0 saturated carbocycles. The van der Waals surface area contributed by atoms with Crippen LogP contribution in [0.25, 0.3) is 0 Å². The number of hydrogen-bond acceptors (Lipinski definition) is 4. The topological polar surface area (TPSA) is 58.9 Å². The first-order valence-electron chi connectivity index (χ1n) is 6.67. The fourth-order valence-electron chi connectivity index (χ4n) is 2.33. The van der Waals surface area contributed by atoms with E-state index in [-0.39, 0.29) is 5.38 Å². The van der Waals surface area contributed by atoms with Gasteiger partial charge in [-0.15, -0.1) is 11.6 Å². The molecule has 4 nitrogen and oxygen atoms in total. The molecule has 2 aromatic carbocycles. The molecule has 0 aliphatic carbocycles. The fraction of sp³-hybridized carbons (Fsp3) is 0.176. The number of aliphatic imine (C=N–C) groups is 2. The Kier molecular flexibility index (Phi) is 5.40. The number of nitrogens with zero attached hydrogens (tertiary/aromatic N) is 2. The molecule has 22 heavy (non-hydrogen) atoms. The quantitative estimate of drug-likeness (QED) is 0.463. The van der Waals surface area contributed by atoms with Gasteiger partial charge < -0.3 is 0 Å². The standard InChI is InChI=1S/C17H13ClN2O2/c1-12(18)14-6-3-2-5-13(14)9-15-16(19-10-21)7-4-8-17(15)20-11-22/h2-8,12H,9H2,1H3. The third-order valence-corrected chi connectivity index (χ3v) is 3.54. The first kappa shape index (κ1) is 15.9. The Morgan fingerprint density at radius 2 is 1.59 bits per heavy atom. The Balaban J connectivity index is 2.57. The SMILES string of the molecule is CC(Cl)c1ccccc1Cc1c(N=C=O)cccc1N=C=O. The van der Waals surface area contributed by atoms with E-state index in [0.29, 0.717) is 23.4 Å². The van der Waals surface area contributed by atoms with Crippen LogP contribution in [0.3, 0.4) is 0 Å². The van der Waals surface area contributed by atoms with Crippen LogP contribution in [0.15, 0.2) is 52.4 Å². The number of benzene rings is 2. The second-order valence-corrected chi connectivity index (χ2v) is 5.33. The Bertz CT molecular complexity index is 738. The Hall–Kier alpha value is -2.51. The van der Waals surface area contributed by atoms with Gasteiger partial charge in [-0.2, -0.15) is 9.98 Å². The van der Waals surface area contributed by atoms with E-state index in [9.17, 15) is 9.59 Å². The molecular weight excluding hydrogens is 300 g/mol. The second kappa shape index (κ2) is 7.48. The van der Waals surface area contributed by atoms with Crippen LogP contribution in [0.2, 0.25) is 0 Å². The van der Waals surface area contributed by atoms with Crippen LogP contribution < -0.4 is 0 Å². The van der Waals surface area contributed by atoms with E-state index >= 15 is 0 Å². The average molecular weight is 313 g/mol. The lowest BCUT2D eigenvalue weighted by Crippen LogP contribution is -1.97. The molecule has 1 atom stereocenters. The molecule has 1 unspecified atom stereocenters. The molecule has 0 aliphatic rings. The normalized spacial score (nSPS) is 11.2. The maximum atomic E-state index is 10.6. The van der Waals surface area contributed by atoms with Gasteiger partial charge in [0.15, 0.2) is 0 Å². The van der Waals surface area contributed by atoms with Gasteiger partial charge in [0.1, 0.15) is 0 Å². The van der Waals surface area contributed by atoms with E-state index in [0.717, 1.165) is 11.1 Å². The molecule has 0 heterocycles. The number of halogens is 1. The van der Waals surface area contributed by atoms with Crippen molar-refractivity contribution in [2.24, 2.45) is 9.98 Å². The monoisotopic (exact) mass is 312 g/mol. The summed E-state index contributed by atoms with van der Waals surface area (Å²) >= 11 is 6.20. The molecular formula is C17H13ClN2O2. The molecule has 0 fully saturated rings. The molecule has 0 N–H and O–H groups in total. The highest BCUT2D eigenvalue weighted by molar-refractivity contribution is 6.20. The third kappa shape index (κ3) is 3.57. The van der Waals surface area contributed by atoms with Crippen LogP contribution in [0.1, 0.15) is 29.0 Å². The van der Waals surface area contributed by atoms with E-state index in [1.807, 2.05) is 31.2 Å². The van der Waals surface area contributed by atoms with Crippen molar-refractivity contribution in [1.29, 1.82) is 0 Å². The summed E-state index contributed by atoms with van der Waals surface area (Å²) in [5.74, 6) is 0. The highest BCUT2D eigenvalue weighted by Crippen LogP contribution is 2.33. The summed E-state index contributed by atoms with van der Waals surface area (Å²) in [5, 5.41) is -0.157. The minimum atomic E-state index is -0.157. The van der Waals surface area contributed by atoms with Gasteiger partial charge >= 0.3 is 0 Å². The van der Waals surface area contributed by atoms with Crippen molar-refractivity contribution in [1.82, 2.24) is 0 Å². The van der Waals surface area contributed by atoms with Gasteiger partial charge in [0.25, 0.3) is 0 Å². The zero-order valence-electron chi connectivity index (χ0n) is 11.9. The van der Waals surface area contributed by atoms with E-state index in [2.05, 4.69) is 9.98 Å². The minimum absolute atomic E-state index is 0.157. The van der Waals surface area contributed by atoms with Crippen molar-refractivity contribution in [3.63, 3.8) is 0 Å². The predicted molar refractivity (Wildman–Crippen MR) is 85.5 cm³/mol. The Morgan fingerprint density at radius 3 is 2.14 bits per heavy atom. The van der Waals surface area contributed by atoms with Gasteiger partial charge in [-0.25, -0.2) is 9.59 Å². The summed E-state index contributed by atoms with van der Waals surface area (Å²) < 4.78 is 0. The van der Waals surface area contributed by atoms with Crippen molar-refractivity contribution in [2.75, 3.05) is 0 Å². The second-order valence-electron chi connectivity index (χ2n) is 4.67. The highest BCUT2D eigenvalue weighted by Gasteiger charge is 2.13. The van der Waals surface area contributed by atoms with Crippen molar-refractivity contribution < 1.29 is 9.59 Å². The molecule has 0 radical (unpaired) electrons. The van der Waals surface area contributed by atoms with Gasteiger partial charge in [-0.3, -0.25) is 0 Å². The number of carbonyl (C=O) groups excluding carboxylic acids is 2. The molecule has 110 valence electrons. The minimum Gasteiger partial charge on any atom is -0.211 e. The lowest BCUT2D eigenvalue weighted by atomic mass is 9.96.